The molecule has 232 valence electrons. The van der Waals surface area contributed by atoms with Gasteiger partial charge in [-0.25, -0.2) is 0 Å². The minimum atomic E-state index is -0.367. The Morgan fingerprint density at radius 1 is 0.717 bits per heavy atom. The second-order valence-electron chi connectivity index (χ2n) is 13.9. The normalized spacial score (nSPS) is 26.3. The van der Waals surface area contributed by atoms with E-state index in [1.54, 1.807) is 0 Å². The Kier molecular flexibility index (Phi) is 7.85. The zero-order valence-electron chi connectivity index (χ0n) is 28.1. The van der Waals surface area contributed by atoms with Gasteiger partial charge in [-0.05, 0) is 116 Å². The minimum absolute atomic E-state index is 0.118. The van der Waals surface area contributed by atoms with E-state index >= 15 is 0 Å². The summed E-state index contributed by atoms with van der Waals surface area (Å²) in [6, 6.07) is 27.1. The maximum atomic E-state index is 2.64. The first-order valence-electron chi connectivity index (χ1n) is 16.9. The average molecular weight is 603 g/mol. The lowest BCUT2D eigenvalue weighted by Crippen LogP contribution is -2.57. The predicted molar refractivity (Wildman–Crippen MR) is 196 cm³/mol. The molecule has 5 unspecified atom stereocenters. The van der Waals surface area contributed by atoms with E-state index in [9.17, 15) is 0 Å². The fourth-order valence-corrected chi connectivity index (χ4v) is 8.27. The molecule has 3 aromatic carbocycles. The van der Waals surface area contributed by atoms with Gasteiger partial charge >= 0.3 is 0 Å². The highest BCUT2D eigenvalue weighted by atomic mass is 15.2. The average Bonchev–Trinajstić information content (AvgIpc) is 3.03. The molecule has 0 saturated heterocycles. The third-order valence-electron chi connectivity index (χ3n) is 10.4. The standard InChI is InChI=1S/C44H46N2/c1-30-14-9-19-35(26-30)45(36-20-10-15-31(2)27-36)43-39-23-7-8-24-40(39)44(6,41-25-13-18-34(5)42(41)43)46(37-21-11-16-32(3)28-37)38-22-12-17-33(4)29-38/h7-14,16-29,31,34,40,42H,15H2,1-6H3. The zero-order valence-corrected chi connectivity index (χ0v) is 28.1. The second-order valence-corrected chi connectivity index (χ2v) is 13.9. The Labute approximate surface area is 276 Å². The number of fused-ring (bicyclic) bond motifs is 2. The molecule has 2 heteroatoms. The molecule has 0 N–H and O–H groups in total. The molecule has 5 atom stereocenters. The first kappa shape index (κ1) is 30.1. The highest BCUT2D eigenvalue weighted by molar-refractivity contribution is 5.75. The lowest BCUT2D eigenvalue weighted by atomic mass is 9.58. The topological polar surface area (TPSA) is 6.48 Å². The lowest BCUT2D eigenvalue weighted by Gasteiger charge is -2.57. The molecule has 0 radical (unpaired) electrons. The number of allylic oxidation sites excluding steroid dienone is 10. The van der Waals surface area contributed by atoms with Crippen LogP contribution >= 0.6 is 0 Å². The molecular weight excluding hydrogens is 556 g/mol. The summed E-state index contributed by atoms with van der Waals surface area (Å²) in [6.07, 6.45) is 24.8. The zero-order chi connectivity index (χ0) is 32.0. The SMILES string of the molecule is Cc1cccc(N(C2=CC(C)CC=C2)C2=C3C=CC=CC3C(C)(N(c3cccc(C)c3)c3cccc(C)c3)C3=CC=CC(C)C32)c1. The van der Waals surface area contributed by atoms with Crippen LogP contribution in [0, 0.1) is 44.4 Å². The highest BCUT2D eigenvalue weighted by Crippen LogP contribution is 2.57. The van der Waals surface area contributed by atoms with E-state index in [1.807, 2.05) is 0 Å². The van der Waals surface area contributed by atoms with E-state index in [0.29, 0.717) is 11.8 Å². The third kappa shape index (κ3) is 5.14. The van der Waals surface area contributed by atoms with E-state index in [2.05, 4.69) is 185 Å². The molecule has 0 bridgehead atoms. The largest absolute Gasteiger partial charge is 0.331 e. The molecule has 3 aromatic rings. The number of benzene rings is 3. The maximum absolute atomic E-state index is 2.64. The number of rotatable bonds is 6. The van der Waals surface area contributed by atoms with E-state index in [1.165, 1.54) is 56.3 Å². The van der Waals surface area contributed by atoms with Crippen molar-refractivity contribution in [1.82, 2.24) is 0 Å². The molecular formula is C44H46N2. The second kappa shape index (κ2) is 12.0. The van der Waals surface area contributed by atoms with Crippen LogP contribution in [0.2, 0.25) is 0 Å². The molecule has 4 aliphatic carbocycles. The van der Waals surface area contributed by atoms with Gasteiger partial charge in [0.2, 0.25) is 0 Å². The predicted octanol–water partition coefficient (Wildman–Crippen LogP) is 11.3. The van der Waals surface area contributed by atoms with Crippen molar-refractivity contribution in [1.29, 1.82) is 0 Å². The Hall–Kier alpha value is -4.56. The van der Waals surface area contributed by atoms with Crippen LogP contribution in [0.25, 0.3) is 0 Å². The summed E-state index contributed by atoms with van der Waals surface area (Å²) in [5.41, 5.74) is 12.6. The van der Waals surface area contributed by atoms with E-state index < -0.39 is 0 Å². The molecule has 7 rings (SSSR count). The Balaban J connectivity index is 1.54. The Morgan fingerprint density at radius 2 is 1.35 bits per heavy atom. The van der Waals surface area contributed by atoms with Crippen molar-refractivity contribution < 1.29 is 0 Å². The summed E-state index contributed by atoms with van der Waals surface area (Å²) in [5, 5.41) is 0. The molecule has 46 heavy (non-hydrogen) atoms. The fourth-order valence-electron chi connectivity index (χ4n) is 8.27. The monoisotopic (exact) mass is 602 g/mol. The van der Waals surface area contributed by atoms with Crippen LogP contribution in [0.3, 0.4) is 0 Å². The maximum Gasteiger partial charge on any atom is 0.0747 e. The van der Waals surface area contributed by atoms with Crippen molar-refractivity contribution in [3.05, 3.63) is 173 Å². The number of hydrogen-bond donors (Lipinski definition) is 0. The summed E-state index contributed by atoms with van der Waals surface area (Å²) < 4.78 is 0. The van der Waals surface area contributed by atoms with E-state index in [-0.39, 0.29) is 17.4 Å². The molecule has 0 aromatic heterocycles. The van der Waals surface area contributed by atoms with Gasteiger partial charge in [0.15, 0.2) is 0 Å². The van der Waals surface area contributed by atoms with Crippen molar-refractivity contribution in [2.75, 3.05) is 9.80 Å². The van der Waals surface area contributed by atoms with Crippen LogP contribution < -0.4 is 9.80 Å². The minimum Gasteiger partial charge on any atom is -0.331 e. The van der Waals surface area contributed by atoms with Gasteiger partial charge in [0.05, 0.1) is 5.54 Å². The van der Waals surface area contributed by atoms with Crippen LogP contribution in [0.4, 0.5) is 17.1 Å². The smallest absolute Gasteiger partial charge is 0.0747 e. The summed E-state index contributed by atoms with van der Waals surface area (Å²) in [5.74, 6) is 1.10. The van der Waals surface area contributed by atoms with Gasteiger partial charge in [-0.3, -0.25) is 0 Å². The molecule has 4 aliphatic rings. The summed E-state index contributed by atoms with van der Waals surface area (Å²) in [7, 11) is 0. The molecule has 0 aliphatic heterocycles. The Morgan fingerprint density at radius 3 is 1.98 bits per heavy atom. The van der Waals surface area contributed by atoms with Gasteiger partial charge in [-0.2, -0.15) is 0 Å². The van der Waals surface area contributed by atoms with Crippen molar-refractivity contribution in [3.63, 3.8) is 0 Å². The van der Waals surface area contributed by atoms with Crippen molar-refractivity contribution in [2.45, 2.75) is 53.5 Å². The van der Waals surface area contributed by atoms with E-state index in [0.717, 1.165) is 6.42 Å². The summed E-state index contributed by atoms with van der Waals surface area (Å²) in [4.78, 5) is 5.24. The van der Waals surface area contributed by atoms with Gasteiger partial charge in [0, 0.05) is 40.3 Å². The first-order chi connectivity index (χ1) is 22.3. The van der Waals surface area contributed by atoms with Gasteiger partial charge in [-0.1, -0.05) is 105 Å². The van der Waals surface area contributed by atoms with Crippen LogP contribution in [-0.2, 0) is 0 Å². The summed E-state index contributed by atoms with van der Waals surface area (Å²) >= 11 is 0. The number of aryl methyl sites for hydroxylation is 3. The molecule has 0 fully saturated rings. The molecule has 0 amide bonds. The van der Waals surface area contributed by atoms with Crippen LogP contribution in [0.1, 0.15) is 43.9 Å². The number of hydrogen-bond acceptors (Lipinski definition) is 2. The van der Waals surface area contributed by atoms with Crippen LogP contribution in [0.15, 0.2) is 156 Å². The van der Waals surface area contributed by atoms with Crippen molar-refractivity contribution in [3.8, 4) is 0 Å². The van der Waals surface area contributed by atoms with Gasteiger partial charge < -0.3 is 9.80 Å². The van der Waals surface area contributed by atoms with Gasteiger partial charge in [0.25, 0.3) is 0 Å². The fraction of sp³-hybridized carbons (Fsp3) is 0.273. The number of anilines is 3. The van der Waals surface area contributed by atoms with E-state index in [4.69, 9.17) is 0 Å². The van der Waals surface area contributed by atoms with Crippen LogP contribution in [-0.4, -0.2) is 5.54 Å². The molecule has 2 nitrogen and oxygen atoms in total. The highest BCUT2D eigenvalue weighted by Gasteiger charge is 2.54. The molecule has 0 saturated carbocycles. The van der Waals surface area contributed by atoms with Gasteiger partial charge in [-0.15, -0.1) is 0 Å². The lowest BCUT2D eigenvalue weighted by molar-refractivity contribution is 0.348. The summed E-state index contributed by atoms with van der Waals surface area (Å²) in [6.45, 7) is 13.8. The Bertz CT molecular complexity index is 1830. The first-order valence-corrected chi connectivity index (χ1v) is 16.9. The quantitative estimate of drug-likeness (QED) is 0.277. The third-order valence-corrected chi connectivity index (χ3v) is 10.4. The number of nitrogens with zero attached hydrogens (tertiary/aromatic N) is 2. The van der Waals surface area contributed by atoms with Gasteiger partial charge in [0.1, 0.15) is 0 Å². The van der Waals surface area contributed by atoms with Crippen molar-refractivity contribution in [2.24, 2.45) is 23.7 Å². The molecule has 0 spiro atoms. The molecule has 0 heterocycles. The van der Waals surface area contributed by atoms with Crippen molar-refractivity contribution >= 4 is 17.1 Å². The van der Waals surface area contributed by atoms with Crippen LogP contribution in [0.5, 0.6) is 0 Å².